The number of hydrogen-bond donors (Lipinski definition) is 2. The van der Waals surface area contributed by atoms with Crippen LogP contribution >= 0.6 is 21.6 Å². The molecule has 0 radical (unpaired) electrons. The maximum absolute atomic E-state index is 13.9. The monoisotopic (exact) mass is 671 g/mol. The lowest BCUT2D eigenvalue weighted by Gasteiger charge is -2.35. The van der Waals surface area contributed by atoms with E-state index in [0.717, 1.165) is 68.1 Å². The zero-order chi connectivity index (χ0) is 33.5. The Kier molecular flexibility index (Phi) is 15.5. The van der Waals surface area contributed by atoms with Crippen LogP contribution in [-0.2, 0) is 30.3 Å². The van der Waals surface area contributed by atoms with Gasteiger partial charge in [-0.1, -0.05) is 129 Å². The van der Waals surface area contributed by atoms with E-state index in [-0.39, 0.29) is 24.2 Å². The summed E-state index contributed by atoms with van der Waals surface area (Å²) in [6, 6.07) is 17.7. The van der Waals surface area contributed by atoms with Gasteiger partial charge in [0.05, 0.1) is 16.6 Å². The number of ether oxygens (including phenoxy) is 2. The van der Waals surface area contributed by atoms with E-state index >= 15 is 0 Å². The van der Waals surface area contributed by atoms with Crippen molar-refractivity contribution in [3.63, 3.8) is 0 Å². The van der Waals surface area contributed by atoms with Crippen LogP contribution < -0.4 is 5.32 Å². The van der Waals surface area contributed by atoms with Crippen LogP contribution in [0.2, 0.25) is 0 Å². The number of esters is 1. The number of unbranched alkanes of at least 4 members (excludes halogenated alkanes) is 1. The average Bonchev–Trinajstić information content (AvgIpc) is 3.04. The number of rotatable bonds is 18. The summed E-state index contributed by atoms with van der Waals surface area (Å²) in [5.41, 5.74) is 3.05. The molecule has 0 aliphatic heterocycles. The first-order valence-corrected chi connectivity index (χ1v) is 18.7. The fourth-order valence-corrected chi connectivity index (χ4v) is 8.98. The molecule has 1 aliphatic rings. The predicted molar refractivity (Wildman–Crippen MR) is 186 cm³/mol. The molecule has 0 saturated heterocycles. The van der Waals surface area contributed by atoms with Crippen molar-refractivity contribution in [3.05, 3.63) is 60.2 Å². The summed E-state index contributed by atoms with van der Waals surface area (Å²) < 4.78 is 9.76. The van der Waals surface area contributed by atoms with E-state index in [1.807, 2.05) is 54.6 Å². The molecule has 3 atom stereocenters. The number of Topliss-reactive ketones (excluding diaryl/α,β-unsaturated/α-hetero) is 1. The summed E-state index contributed by atoms with van der Waals surface area (Å²) in [5.74, 6) is -1.98. The maximum Gasteiger partial charge on any atom is 0.410 e. The van der Waals surface area contributed by atoms with Gasteiger partial charge in [0, 0.05) is 25.1 Å². The largest absolute Gasteiger partial charge is 0.481 e. The quantitative estimate of drug-likeness (QED) is 0.0914. The lowest BCUT2D eigenvalue weighted by Crippen LogP contribution is -2.40. The van der Waals surface area contributed by atoms with Crippen LogP contribution in [0, 0.1) is 11.8 Å². The Morgan fingerprint density at radius 1 is 0.913 bits per heavy atom. The number of alkyl carbamates (subject to hydrolysis) is 1. The van der Waals surface area contributed by atoms with E-state index in [0.29, 0.717) is 12.2 Å². The second-order valence-corrected chi connectivity index (χ2v) is 15.1. The lowest BCUT2D eigenvalue weighted by molar-refractivity contribution is -0.168. The number of benzene rings is 2. The van der Waals surface area contributed by atoms with E-state index in [9.17, 15) is 24.3 Å². The Hall–Kier alpha value is -2.98. The Bertz CT molecular complexity index is 1260. The number of hydrogen-bond acceptors (Lipinski definition) is 8. The third-order valence-corrected chi connectivity index (χ3v) is 11.6. The molecule has 10 heteroatoms. The highest BCUT2D eigenvalue weighted by molar-refractivity contribution is 8.77. The first kappa shape index (κ1) is 37.5. The topological polar surface area (TPSA) is 119 Å². The second-order valence-electron chi connectivity index (χ2n) is 12.4. The number of amides is 1. The van der Waals surface area contributed by atoms with Gasteiger partial charge in [0.15, 0.2) is 5.78 Å². The van der Waals surface area contributed by atoms with E-state index < -0.39 is 35.0 Å². The molecule has 2 aromatic rings. The second kappa shape index (κ2) is 19.0. The van der Waals surface area contributed by atoms with Crippen LogP contribution in [0.4, 0.5) is 4.79 Å². The first-order chi connectivity index (χ1) is 22.0. The van der Waals surface area contributed by atoms with Crippen LogP contribution in [0.3, 0.4) is 0 Å². The van der Waals surface area contributed by atoms with Crippen molar-refractivity contribution in [2.45, 2.75) is 109 Å². The van der Waals surface area contributed by atoms with Crippen LogP contribution in [0.25, 0.3) is 11.1 Å². The number of carbonyl (C=O) groups is 4. The smallest absolute Gasteiger partial charge is 0.410 e. The van der Waals surface area contributed by atoms with Gasteiger partial charge < -0.3 is 19.9 Å². The van der Waals surface area contributed by atoms with Crippen molar-refractivity contribution in [1.82, 2.24) is 5.32 Å². The van der Waals surface area contributed by atoms with Crippen LogP contribution in [0.15, 0.2) is 54.6 Å². The fourth-order valence-electron chi connectivity index (χ4n) is 5.49. The van der Waals surface area contributed by atoms with Gasteiger partial charge in [-0.15, -0.1) is 0 Å². The van der Waals surface area contributed by atoms with Gasteiger partial charge >= 0.3 is 18.0 Å². The van der Waals surface area contributed by atoms with Gasteiger partial charge in [0.2, 0.25) is 6.29 Å². The Morgan fingerprint density at radius 2 is 1.57 bits per heavy atom. The summed E-state index contributed by atoms with van der Waals surface area (Å²) >= 11 is 0. The summed E-state index contributed by atoms with van der Waals surface area (Å²) in [7, 11) is 3.09. The molecule has 0 bridgehead atoms. The van der Waals surface area contributed by atoms with Crippen molar-refractivity contribution >= 4 is 45.4 Å². The van der Waals surface area contributed by atoms with Crippen molar-refractivity contribution in [3.8, 4) is 11.1 Å². The molecule has 2 aromatic carbocycles. The molecule has 1 aliphatic carbocycles. The summed E-state index contributed by atoms with van der Waals surface area (Å²) in [6.45, 7) is 7.01. The maximum atomic E-state index is 13.9. The molecular formula is C36H49NO7S2. The molecule has 1 amide bonds. The zero-order valence-corrected chi connectivity index (χ0v) is 29.1. The minimum atomic E-state index is -1.00. The Balaban J connectivity index is 1.61. The molecule has 0 heterocycles. The van der Waals surface area contributed by atoms with E-state index in [4.69, 9.17) is 9.47 Å². The van der Waals surface area contributed by atoms with Gasteiger partial charge in [-0.2, -0.15) is 0 Å². The van der Waals surface area contributed by atoms with E-state index in [2.05, 4.69) is 12.2 Å². The molecular weight excluding hydrogens is 623 g/mol. The molecule has 1 saturated carbocycles. The highest BCUT2D eigenvalue weighted by Gasteiger charge is 2.42. The number of aliphatic carboxylic acids is 1. The SMILES string of the molecule is CCCCC(CSSC1(C(=O)CC(Cc2ccc(-c3ccccc3)cc2)C(=O)O)CCCCC1)NC(=O)O[C@@H](C)OC(=O)C(C)C. The minimum absolute atomic E-state index is 0.00345. The molecule has 2 N–H and O–H groups in total. The van der Waals surface area contributed by atoms with Crippen LogP contribution in [0.1, 0.15) is 91.0 Å². The number of carboxylic acid groups (broad SMARTS) is 1. The van der Waals surface area contributed by atoms with Gasteiger partial charge in [0.1, 0.15) is 0 Å². The Morgan fingerprint density at radius 3 is 2.17 bits per heavy atom. The average molecular weight is 672 g/mol. The van der Waals surface area contributed by atoms with E-state index in [1.54, 1.807) is 24.6 Å². The summed E-state index contributed by atoms with van der Waals surface area (Å²) in [4.78, 5) is 50.7. The molecule has 8 nitrogen and oxygen atoms in total. The fraction of sp³-hybridized carbons (Fsp3) is 0.556. The van der Waals surface area contributed by atoms with Gasteiger partial charge in [0.25, 0.3) is 0 Å². The number of nitrogens with one attached hydrogen (secondary N) is 1. The molecule has 1 fully saturated rings. The lowest BCUT2D eigenvalue weighted by atomic mass is 9.81. The van der Waals surface area contributed by atoms with Crippen molar-refractivity contribution in [1.29, 1.82) is 0 Å². The third kappa shape index (κ3) is 12.0. The standard InChI is InChI=1S/C36H49NO7S2/c1-5-6-15-31(37-35(42)44-26(4)43-34(41)25(2)3)24-45-46-36(20-11-8-12-21-36)32(38)23-30(33(39)40)22-27-16-18-29(19-17-27)28-13-9-7-10-14-28/h7,9-10,13-14,16-19,25-26,30-31H,5-6,8,11-12,15,20-24H2,1-4H3,(H,37,42)(H,39,40)/t26-,30?,31?/m0/s1. The number of carbonyl (C=O) groups excluding carboxylic acids is 3. The third-order valence-electron chi connectivity index (χ3n) is 8.24. The highest BCUT2D eigenvalue weighted by atomic mass is 33.1. The van der Waals surface area contributed by atoms with Gasteiger partial charge in [-0.05, 0) is 42.4 Å². The summed E-state index contributed by atoms with van der Waals surface area (Å²) in [5, 5.41) is 13.0. The molecule has 0 aromatic heterocycles. The molecule has 2 unspecified atom stereocenters. The molecule has 0 spiro atoms. The normalized spacial score (nSPS) is 16.2. The Labute approximate surface area is 281 Å². The minimum Gasteiger partial charge on any atom is -0.481 e. The first-order valence-electron chi connectivity index (χ1n) is 16.4. The van der Waals surface area contributed by atoms with Crippen molar-refractivity contribution < 1.29 is 33.8 Å². The summed E-state index contributed by atoms with van der Waals surface area (Å²) in [6.07, 6.45) is 5.57. The van der Waals surface area contributed by atoms with Crippen molar-refractivity contribution in [2.75, 3.05) is 5.75 Å². The van der Waals surface area contributed by atoms with E-state index in [1.165, 1.54) is 17.7 Å². The zero-order valence-electron chi connectivity index (χ0n) is 27.5. The van der Waals surface area contributed by atoms with Gasteiger partial charge in [-0.25, -0.2) is 4.79 Å². The molecule has 3 rings (SSSR count). The number of carboxylic acids is 1. The number of ketones is 1. The van der Waals surface area contributed by atoms with Crippen molar-refractivity contribution in [2.24, 2.45) is 11.8 Å². The van der Waals surface area contributed by atoms with Gasteiger partial charge in [-0.3, -0.25) is 14.4 Å². The van der Waals surface area contributed by atoms with Crippen LogP contribution in [-0.4, -0.2) is 51.8 Å². The predicted octanol–water partition coefficient (Wildman–Crippen LogP) is 8.47. The molecule has 46 heavy (non-hydrogen) atoms. The van der Waals surface area contributed by atoms with Crippen LogP contribution in [0.5, 0.6) is 0 Å². The highest BCUT2D eigenvalue weighted by Crippen LogP contribution is 2.48. The molecule has 252 valence electrons.